The van der Waals surface area contributed by atoms with Gasteiger partial charge in [0.05, 0.1) is 19.3 Å². The Kier molecular flexibility index (Phi) is 6.05. The third kappa shape index (κ3) is 5.39. The van der Waals surface area contributed by atoms with Gasteiger partial charge in [-0.3, -0.25) is 4.90 Å². The summed E-state index contributed by atoms with van der Waals surface area (Å²) >= 11 is 0. The van der Waals surface area contributed by atoms with E-state index < -0.39 is 6.43 Å². The number of alkyl halides is 2. The number of nitrogens with zero attached hydrogens (tertiary/aromatic N) is 1. The van der Waals surface area contributed by atoms with Crippen LogP contribution in [-0.2, 0) is 4.74 Å². The summed E-state index contributed by atoms with van der Waals surface area (Å²) in [6.45, 7) is 1.17. The maximum atomic E-state index is 12.2. The van der Waals surface area contributed by atoms with Crippen LogP contribution in [0.25, 0.3) is 0 Å². The first kappa shape index (κ1) is 12.8. The molecular weight excluding hydrogens is 204 g/mol. The summed E-state index contributed by atoms with van der Waals surface area (Å²) in [4.78, 5) is 1.57. The highest BCUT2D eigenvalue weighted by Crippen LogP contribution is 2.14. The molecular formula is C10H19F2NO2. The van der Waals surface area contributed by atoms with Crippen LogP contribution in [0.5, 0.6) is 0 Å². The Labute approximate surface area is 89.0 Å². The fourth-order valence-corrected chi connectivity index (χ4v) is 1.83. The van der Waals surface area contributed by atoms with Crippen molar-refractivity contribution in [3.05, 3.63) is 0 Å². The van der Waals surface area contributed by atoms with Gasteiger partial charge in [-0.15, -0.1) is 0 Å². The molecule has 90 valence electrons. The van der Waals surface area contributed by atoms with Crippen LogP contribution < -0.4 is 0 Å². The number of ether oxygens (including phenoxy) is 1. The highest BCUT2D eigenvalue weighted by Gasteiger charge is 2.19. The number of halogens is 2. The van der Waals surface area contributed by atoms with Crippen LogP contribution in [0, 0.1) is 0 Å². The van der Waals surface area contributed by atoms with Crippen LogP contribution in [0.1, 0.15) is 19.3 Å². The molecule has 1 N–H and O–H groups in total. The molecule has 1 heterocycles. The van der Waals surface area contributed by atoms with Gasteiger partial charge in [0.15, 0.2) is 0 Å². The smallest absolute Gasteiger partial charge is 0.251 e. The van der Waals surface area contributed by atoms with E-state index in [1.54, 1.807) is 4.90 Å². The number of hydrogen-bond acceptors (Lipinski definition) is 3. The van der Waals surface area contributed by atoms with Crippen LogP contribution in [-0.4, -0.2) is 55.4 Å². The average molecular weight is 223 g/mol. The van der Waals surface area contributed by atoms with Crippen molar-refractivity contribution in [2.24, 2.45) is 0 Å². The van der Waals surface area contributed by atoms with Crippen molar-refractivity contribution in [3.63, 3.8) is 0 Å². The number of hydrogen-bond donors (Lipinski definition) is 1. The minimum atomic E-state index is -2.35. The van der Waals surface area contributed by atoms with Gasteiger partial charge in [0.1, 0.15) is 0 Å². The first-order chi connectivity index (χ1) is 7.22. The number of aliphatic hydroxyl groups excluding tert-OH is 1. The minimum Gasteiger partial charge on any atom is -0.395 e. The summed E-state index contributed by atoms with van der Waals surface area (Å²) in [6.07, 6.45) is 0.812. The van der Waals surface area contributed by atoms with Crippen molar-refractivity contribution in [3.8, 4) is 0 Å². The van der Waals surface area contributed by atoms with Gasteiger partial charge in [-0.25, -0.2) is 8.78 Å². The summed E-state index contributed by atoms with van der Waals surface area (Å²) in [7, 11) is 0. The molecule has 5 heteroatoms. The summed E-state index contributed by atoms with van der Waals surface area (Å²) in [5, 5.41) is 8.75. The van der Waals surface area contributed by atoms with Gasteiger partial charge in [0, 0.05) is 19.7 Å². The van der Waals surface area contributed by atoms with E-state index in [9.17, 15) is 8.78 Å². The van der Waals surface area contributed by atoms with Gasteiger partial charge in [-0.2, -0.15) is 0 Å². The lowest BCUT2D eigenvalue weighted by Gasteiger charge is -2.29. The molecule has 0 aromatic rings. The van der Waals surface area contributed by atoms with Crippen molar-refractivity contribution in [1.29, 1.82) is 0 Å². The first-order valence-electron chi connectivity index (χ1n) is 5.45. The Morgan fingerprint density at radius 2 is 2.20 bits per heavy atom. The molecule has 3 nitrogen and oxygen atoms in total. The lowest BCUT2D eigenvalue weighted by atomic mass is 10.1. The molecule has 0 amide bonds. The van der Waals surface area contributed by atoms with Crippen LogP contribution in [0.3, 0.4) is 0 Å². The van der Waals surface area contributed by atoms with Crippen molar-refractivity contribution in [2.75, 3.05) is 32.8 Å². The van der Waals surface area contributed by atoms with Crippen molar-refractivity contribution in [1.82, 2.24) is 4.90 Å². The summed E-state index contributed by atoms with van der Waals surface area (Å²) in [6, 6.07) is 0. The van der Waals surface area contributed by atoms with Crippen LogP contribution in [0.15, 0.2) is 0 Å². The quantitative estimate of drug-likeness (QED) is 0.732. The van der Waals surface area contributed by atoms with Crippen molar-refractivity contribution in [2.45, 2.75) is 31.8 Å². The van der Waals surface area contributed by atoms with E-state index in [2.05, 4.69) is 0 Å². The van der Waals surface area contributed by atoms with E-state index >= 15 is 0 Å². The lowest BCUT2D eigenvalue weighted by Crippen LogP contribution is -2.39. The van der Waals surface area contributed by atoms with E-state index in [0.717, 1.165) is 25.9 Å². The summed E-state index contributed by atoms with van der Waals surface area (Å²) < 4.78 is 29.9. The average Bonchev–Trinajstić information content (AvgIpc) is 2.18. The van der Waals surface area contributed by atoms with E-state index in [1.807, 2.05) is 0 Å². The molecule has 0 radical (unpaired) electrons. The molecule has 0 aliphatic carbocycles. The standard InChI is InChI=1S/C10H19F2NO2/c11-10(12)8-13(4-5-14)7-9-3-1-2-6-15-9/h9-10,14H,1-8H2. The monoisotopic (exact) mass is 223 g/mol. The molecule has 15 heavy (non-hydrogen) atoms. The maximum absolute atomic E-state index is 12.2. The topological polar surface area (TPSA) is 32.7 Å². The van der Waals surface area contributed by atoms with Crippen LogP contribution in [0.4, 0.5) is 8.78 Å². The second kappa shape index (κ2) is 7.09. The SMILES string of the molecule is OCCN(CC(F)F)CC1CCCCO1. The molecule has 0 aromatic heterocycles. The van der Waals surface area contributed by atoms with Crippen molar-refractivity contribution >= 4 is 0 Å². The molecule has 1 rings (SSSR count). The Bertz CT molecular complexity index is 164. The summed E-state index contributed by atoms with van der Waals surface area (Å²) in [5.74, 6) is 0. The van der Waals surface area contributed by atoms with Crippen LogP contribution >= 0.6 is 0 Å². The number of rotatable bonds is 6. The van der Waals surface area contributed by atoms with Gasteiger partial charge in [0.2, 0.25) is 0 Å². The second-order valence-corrected chi connectivity index (χ2v) is 3.86. The fourth-order valence-electron chi connectivity index (χ4n) is 1.83. The first-order valence-corrected chi connectivity index (χ1v) is 5.45. The summed E-state index contributed by atoms with van der Waals surface area (Å²) in [5.41, 5.74) is 0. The van der Waals surface area contributed by atoms with Gasteiger partial charge in [0.25, 0.3) is 6.43 Å². The Morgan fingerprint density at radius 3 is 2.73 bits per heavy atom. The van der Waals surface area contributed by atoms with Gasteiger partial charge in [-0.1, -0.05) is 0 Å². The third-order valence-corrected chi connectivity index (χ3v) is 2.55. The molecule has 1 atom stereocenters. The predicted molar refractivity (Wildman–Crippen MR) is 53.1 cm³/mol. The predicted octanol–water partition coefficient (Wildman–Crippen LogP) is 1.11. The Balaban J connectivity index is 2.28. The Hall–Kier alpha value is -0.260. The zero-order valence-corrected chi connectivity index (χ0v) is 8.87. The molecule has 0 saturated carbocycles. The van der Waals surface area contributed by atoms with Gasteiger partial charge >= 0.3 is 0 Å². The van der Waals surface area contributed by atoms with E-state index in [1.165, 1.54) is 0 Å². The molecule has 0 spiro atoms. The minimum absolute atomic E-state index is 0.0593. The fraction of sp³-hybridized carbons (Fsp3) is 1.00. The number of aliphatic hydroxyl groups is 1. The normalized spacial score (nSPS) is 22.6. The molecule has 1 fully saturated rings. The molecule has 1 aliphatic heterocycles. The van der Waals surface area contributed by atoms with Crippen molar-refractivity contribution < 1.29 is 18.6 Å². The third-order valence-electron chi connectivity index (χ3n) is 2.55. The Morgan fingerprint density at radius 1 is 1.40 bits per heavy atom. The largest absolute Gasteiger partial charge is 0.395 e. The highest BCUT2D eigenvalue weighted by atomic mass is 19.3. The molecule has 1 unspecified atom stereocenters. The highest BCUT2D eigenvalue weighted by molar-refractivity contribution is 4.70. The molecule has 1 aliphatic rings. The lowest BCUT2D eigenvalue weighted by molar-refractivity contribution is -0.0190. The van der Waals surface area contributed by atoms with Gasteiger partial charge in [-0.05, 0) is 19.3 Å². The van der Waals surface area contributed by atoms with Gasteiger partial charge < -0.3 is 9.84 Å². The van der Waals surface area contributed by atoms with E-state index in [-0.39, 0.29) is 19.3 Å². The zero-order valence-electron chi connectivity index (χ0n) is 8.87. The van der Waals surface area contributed by atoms with E-state index in [0.29, 0.717) is 13.1 Å². The zero-order chi connectivity index (χ0) is 11.1. The van der Waals surface area contributed by atoms with E-state index in [4.69, 9.17) is 9.84 Å². The molecule has 0 bridgehead atoms. The maximum Gasteiger partial charge on any atom is 0.251 e. The molecule has 0 aromatic carbocycles. The second-order valence-electron chi connectivity index (χ2n) is 3.86. The van der Waals surface area contributed by atoms with Crippen LogP contribution in [0.2, 0.25) is 0 Å². The molecule has 1 saturated heterocycles.